The van der Waals surface area contributed by atoms with Gasteiger partial charge < -0.3 is 14.5 Å². The van der Waals surface area contributed by atoms with Crippen LogP contribution in [0.2, 0.25) is 5.02 Å². The predicted octanol–water partition coefficient (Wildman–Crippen LogP) is 2.67. The van der Waals surface area contributed by atoms with Gasteiger partial charge in [-0.1, -0.05) is 17.7 Å². The number of halogens is 1. The van der Waals surface area contributed by atoms with E-state index >= 15 is 0 Å². The van der Waals surface area contributed by atoms with E-state index in [2.05, 4.69) is 4.98 Å². The lowest BCUT2D eigenvalue weighted by atomic mass is 10.1. The molecule has 0 aliphatic rings. The Labute approximate surface area is 115 Å². The van der Waals surface area contributed by atoms with Crippen molar-refractivity contribution in [3.63, 3.8) is 0 Å². The fraction of sp³-hybridized carbons (Fsp3) is 0.286. The molecule has 1 aromatic heterocycles. The first kappa shape index (κ1) is 13.6. The summed E-state index contributed by atoms with van der Waals surface area (Å²) >= 11 is 5.95. The molecule has 1 aromatic carbocycles. The van der Waals surface area contributed by atoms with Gasteiger partial charge in [0.15, 0.2) is 0 Å². The zero-order valence-corrected chi connectivity index (χ0v) is 11.3. The van der Waals surface area contributed by atoms with Crippen LogP contribution in [0.25, 0.3) is 10.9 Å². The topological polar surface area (TPSA) is 59.2 Å². The molecule has 0 radical (unpaired) electrons. The summed E-state index contributed by atoms with van der Waals surface area (Å²) < 4.78 is 4.71. The molecule has 0 saturated carbocycles. The molecule has 100 valence electrons. The van der Waals surface area contributed by atoms with Crippen LogP contribution in [0.5, 0.6) is 0 Å². The van der Waals surface area contributed by atoms with Crippen molar-refractivity contribution in [3.05, 3.63) is 34.5 Å². The molecule has 0 saturated heterocycles. The van der Waals surface area contributed by atoms with E-state index in [1.165, 1.54) is 7.11 Å². The highest BCUT2D eigenvalue weighted by Gasteiger charge is 2.15. The number of aryl methyl sites for hydroxylation is 1. The van der Waals surface area contributed by atoms with E-state index in [0.29, 0.717) is 17.9 Å². The molecule has 0 aliphatic carbocycles. The van der Waals surface area contributed by atoms with Gasteiger partial charge in [0.2, 0.25) is 0 Å². The average molecular weight is 280 g/mol. The Bertz CT molecular complexity index is 618. The smallest absolute Gasteiger partial charge is 0.310 e. The third-order valence-electron chi connectivity index (χ3n) is 3.02. The van der Waals surface area contributed by atoms with Gasteiger partial charge in [-0.05, 0) is 24.1 Å². The summed E-state index contributed by atoms with van der Waals surface area (Å²) in [6.45, 7) is 0. The molecule has 1 heterocycles. The van der Waals surface area contributed by atoms with Gasteiger partial charge in [-0.3, -0.25) is 4.79 Å². The predicted molar refractivity (Wildman–Crippen MR) is 73.4 cm³/mol. The van der Waals surface area contributed by atoms with Crippen molar-refractivity contribution in [2.24, 2.45) is 0 Å². The molecule has 0 aliphatic heterocycles. The van der Waals surface area contributed by atoms with Crippen molar-refractivity contribution in [1.82, 2.24) is 4.98 Å². The number of aromatic nitrogens is 1. The van der Waals surface area contributed by atoms with Gasteiger partial charge in [0.25, 0.3) is 0 Å². The van der Waals surface area contributed by atoms with Crippen LogP contribution >= 0.6 is 11.6 Å². The second-order valence-corrected chi connectivity index (χ2v) is 4.67. The quantitative estimate of drug-likeness (QED) is 0.676. The summed E-state index contributed by atoms with van der Waals surface area (Å²) in [4.78, 5) is 25.2. The molecule has 2 rings (SSSR count). The highest BCUT2D eigenvalue weighted by molar-refractivity contribution is 6.31. The number of nitrogens with one attached hydrogen (secondary N) is 1. The minimum absolute atomic E-state index is 0.187. The van der Waals surface area contributed by atoms with Crippen LogP contribution in [0.3, 0.4) is 0 Å². The molecule has 2 aromatic rings. The molecule has 19 heavy (non-hydrogen) atoms. The van der Waals surface area contributed by atoms with Gasteiger partial charge in [0.05, 0.1) is 13.5 Å². The maximum absolute atomic E-state index is 11.5. The molecule has 0 spiro atoms. The van der Waals surface area contributed by atoms with Gasteiger partial charge >= 0.3 is 5.97 Å². The number of aromatic amines is 1. The maximum atomic E-state index is 11.5. The normalized spacial score (nSPS) is 10.6. The van der Waals surface area contributed by atoms with E-state index in [4.69, 9.17) is 16.3 Å². The van der Waals surface area contributed by atoms with Crippen molar-refractivity contribution in [3.8, 4) is 0 Å². The molecule has 0 fully saturated rings. The van der Waals surface area contributed by atoms with E-state index in [1.54, 1.807) is 6.07 Å². The number of benzene rings is 1. The Balaban J connectivity index is 2.47. The number of H-pyrrole nitrogens is 1. The number of hydrogen-bond acceptors (Lipinski definition) is 3. The monoisotopic (exact) mass is 279 g/mol. The molecule has 0 bridgehead atoms. The van der Waals surface area contributed by atoms with Crippen LogP contribution in [-0.4, -0.2) is 24.3 Å². The van der Waals surface area contributed by atoms with Crippen LogP contribution in [0.4, 0.5) is 0 Å². The maximum Gasteiger partial charge on any atom is 0.310 e. The lowest BCUT2D eigenvalue weighted by Gasteiger charge is -2.02. The third-order valence-corrected chi connectivity index (χ3v) is 3.25. The van der Waals surface area contributed by atoms with Crippen LogP contribution in [0, 0.1) is 0 Å². The summed E-state index contributed by atoms with van der Waals surface area (Å²) in [5.41, 5.74) is 2.63. The van der Waals surface area contributed by atoms with Crippen molar-refractivity contribution >= 4 is 34.8 Å². The lowest BCUT2D eigenvalue weighted by molar-refractivity contribution is -0.139. The number of carbonyl (C=O) groups excluding carboxylic acids is 2. The van der Waals surface area contributed by atoms with E-state index in [9.17, 15) is 9.59 Å². The number of esters is 1. The fourth-order valence-electron chi connectivity index (χ4n) is 2.12. The lowest BCUT2D eigenvalue weighted by Crippen LogP contribution is -2.06. The van der Waals surface area contributed by atoms with Gasteiger partial charge in [0, 0.05) is 28.0 Å². The summed E-state index contributed by atoms with van der Waals surface area (Å²) in [7, 11) is 1.36. The standard InChI is InChI=1S/C14H14ClNO3/c1-19-14(18)8-11-10-5-4-9(15)7-13(10)16-12(11)3-2-6-17/h4-7,16H,2-3,8H2,1H3. The molecular formula is C14H14ClNO3. The first-order valence-electron chi connectivity index (χ1n) is 5.95. The molecule has 0 atom stereocenters. The molecule has 4 nitrogen and oxygen atoms in total. The van der Waals surface area contributed by atoms with Crippen LogP contribution in [0.1, 0.15) is 17.7 Å². The number of aldehydes is 1. The Hall–Kier alpha value is -1.81. The van der Waals surface area contributed by atoms with E-state index in [0.717, 1.165) is 28.4 Å². The molecule has 0 unspecified atom stereocenters. The van der Waals surface area contributed by atoms with Gasteiger partial charge in [-0.25, -0.2) is 0 Å². The molecule has 0 amide bonds. The van der Waals surface area contributed by atoms with Crippen LogP contribution in [0.15, 0.2) is 18.2 Å². The number of ether oxygens (including phenoxy) is 1. The Morgan fingerprint density at radius 3 is 2.95 bits per heavy atom. The molecular weight excluding hydrogens is 266 g/mol. The third kappa shape index (κ3) is 2.96. The minimum atomic E-state index is -0.303. The van der Waals surface area contributed by atoms with Crippen molar-refractivity contribution in [2.75, 3.05) is 7.11 Å². The van der Waals surface area contributed by atoms with E-state index in [1.807, 2.05) is 12.1 Å². The Kier molecular flexibility index (Phi) is 4.22. The van der Waals surface area contributed by atoms with Crippen molar-refractivity contribution in [1.29, 1.82) is 0 Å². The van der Waals surface area contributed by atoms with Gasteiger partial charge in [-0.2, -0.15) is 0 Å². The highest BCUT2D eigenvalue weighted by atomic mass is 35.5. The number of fused-ring (bicyclic) bond motifs is 1. The second kappa shape index (κ2) is 5.89. The van der Waals surface area contributed by atoms with Gasteiger partial charge in [0.1, 0.15) is 6.29 Å². The zero-order chi connectivity index (χ0) is 13.8. The Morgan fingerprint density at radius 2 is 2.26 bits per heavy atom. The summed E-state index contributed by atoms with van der Waals surface area (Å²) in [6, 6.07) is 5.46. The Morgan fingerprint density at radius 1 is 1.47 bits per heavy atom. The number of methoxy groups -OCH3 is 1. The number of rotatable bonds is 5. The van der Waals surface area contributed by atoms with Crippen LogP contribution in [-0.2, 0) is 27.2 Å². The minimum Gasteiger partial charge on any atom is -0.469 e. The van der Waals surface area contributed by atoms with Crippen LogP contribution < -0.4 is 0 Å². The fourth-order valence-corrected chi connectivity index (χ4v) is 2.29. The second-order valence-electron chi connectivity index (χ2n) is 4.23. The summed E-state index contributed by atoms with van der Waals surface area (Å²) in [5, 5.41) is 1.57. The van der Waals surface area contributed by atoms with E-state index in [-0.39, 0.29) is 12.4 Å². The average Bonchev–Trinajstić information content (AvgIpc) is 2.73. The number of carbonyl (C=O) groups is 2. The first-order chi connectivity index (χ1) is 9.15. The largest absolute Gasteiger partial charge is 0.469 e. The van der Waals surface area contributed by atoms with E-state index < -0.39 is 0 Å². The van der Waals surface area contributed by atoms with Gasteiger partial charge in [-0.15, -0.1) is 0 Å². The first-order valence-corrected chi connectivity index (χ1v) is 6.33. The summed E-state index contributed by atoms with van der Waals surface area (Å²) in [5.74, 6) is -0.303. The summed E-state index contributed by atoms with van der Waals surface area (Å²) in [6.07, 6.45) is 2.03. The van der Waals surface area contributed by atoms with Crippen molar-refractivity contribution < 1.29 is 14.3 Å². The highest BCUT2D eigenvalue weighted by Crippen LogP contribution is 2.26. The zero-order valence-electron chi connectivity index (χ0n) is 10.5. The molecule has 1 N–H and O–H groups in total. The molecule has 5 heteroatoms. The number of hydrogen-bond donors (Lipinski definition) is 1. The van der Waals surface area contributed by atoms with Crippen molar-refractivity contribution in [2.45, 2.75) is 19.3 Å². The SMILES string of the molecule is COC(=O)Cc1c(CCC=O)[nH]c2cc(Cl)ccc12.